The molecule has 1 amide bonds. The van der Waals surface area contributed by atoms with Crippen molar-refractivity contribution in [3.8, 4) is 0 Å². The lowest BCUT2D eigenvalue weighted by molar-refractivity contribution is -0.384. The summed E-state index contributed by atoms with van der Waals surface area (Å²) < 4.78 is 0. The van der Waals surface area contributed by atoms with Gasteiger partial charge in [0.15, 0.2) is 0 Å². The SMILES string of the molecule is CN(C)c1ccc([N+](=O)[O-])cc1C(=O)NC1CCCCCC1CO. The van der Waals surface area contributed by atoms with Crippen molar-refractivity contribution < 1.29 is 14.8 Å². The molecule has 7 nitrogen and oxygen atoms in total. The fourth-order valence-corrected chi connectivity index (χ4v) is 3.25. The van der Waals surface area contributed by atoms with Gasteiger partial charge in [-0.25, -0.2) is 0 Å². The Kier molecular flexibility index (Phi) is 6.14. The summed E-state index contributed by atoms with van der Waals surface area (Å²) in [6, 6.07) is 4.20. The molecule has 132 valence electrons. The Bertz CT molecular complexity index is 603. The van der Waals surface area contributed by atoms with Gasteiger partial charge < -0.3 is 15.3 Å². The summed E-state index contributed by atoms with van der Waals surface area (Å²) in [7, 11) is 3.58. The zero-order chi connectivity index (χ0) is 17.7. The van der Waals surface area contributed by atoms with E-state index in [1.54, 1.807) is 25.1 Å². The molecule has 2 atom stereocenters. The van der Waals surface area contributed by atoms with E-state index in [1.165, 1.54) is 12.1 Å². The number of aliphatic hydroxyl groups is 1. The van der Waals surface area contributed by atoms with Crippen molar-refractivity contribution in [3.63, 3.8) is 0 Å². The molecule has 0 aliphatic heterocycles. The van der Waals surface area contributed by atoms with Gasteiger partial charge in [0.25, 0.3) is 11.6 Å². The third kappa shape index (κ3) is 4.23. The number of carbonyl (C=O) groups is 1. The number of nitrogens with one attached hydrogen (secondary N) is 1. The van der Waals surface area contributed by atoms with Crippen LogP contribution in [0.3, 0.4) is 0 Å². The monoisotopic (exact) mass is 335 g/mol. The number of carbonyl (C=O) groups excluding carboxylic acids is 1. The Labute approximate surface area is 141 Å². The summed E-state index contributed by atoms with van der Waals surface area (Å²) in [6.45, 7) is 0.0421. The predicted octanol–water partition coefficient (Wildman–Crippen LogP) is 2.33. The van der Waals surface area contributed by atoms with Gasteiger partial charge in [0.1, 0.15) is 0 Å². The fraction of sp³-hybridized carbons (Fsp3) is 0.588. The van der Waals surface area contributed by atoms with E-state index in [1.807, 2.05) is 0 Å². The van der Waals surface area contributed by atoms with E-state index in [0.717, 1.165) is 32.1 Å². The van der Waals surface area contributed by atoms with Crippen LogP contribution in [0.2, 0.25) is 0 Å². The van der Waals surface area contributed by atoms with Gasteiger partial charge in [-0.15, -0.1) is 0 Å². The molecule has 1 aliphatic carbocycles. The Morgan fingerprint density at radius 3 is 2.67 bits per heavy atom. The number of non-ortho nitro benzene ring substituents is 1. The number of anilines is 1. The number of hydrogen-bond donors (Lipinski definition) is 2. The number of nitro groups is 1. The molecule has 2 unspecified atom stereocenters. The van der Waals surface area contributed by atoms with Crippen molar-refractivity contribution in [1.29, 1.82) is 0 Å². The highest BCUT2D eigenvalue weighted by atomic mass is 16.6. The molecule has 1 aliphatic rings. The first-order valence-corrected chi connectivity index (χ1v) is 8.31. The van der Waals surface area contributed by atoms with Crippen molar-refractivity contribution in [2.75, 3.05) is 25.6 Å². The lowest BCUT2D eigenvalue weighted by Crippen LogP contribution is -2.41. The van der Waals surface area contributed by atoms with Crippen molar-refractivity contribution in [3.05, 3.63) is 33.9 Å². The number of nitro benzene ring substituents is 1. The molecule has 0 aromatic heterocycles. The van der Waals surface area contributed by atoms with Crippen LogP contribution in [0.25, 0.3) is 0 Å². The summed E-state index contributed by atoms with van der Waals surface area (Å²) in [5, 5.41) is 23.6. The normalized spacial score (nSPS) is 21.0. The quantitative estimate of drug-likeness (QED) is 0.489. The minimum atomic E-state index is -0.502. The van der Waals surface area contributed by atoms with Gasteiger partial charge in [0.2, 0.25) is 0 Å². The minimum absolute atomic E-state index is 0.0398. The summed E-state index contributed by atoms with van der Waals surface area (Å²) in [5.41, 5.74) is 0.813. The predicted molar refractivity (Wildman–Crippen MR) is 92.3 cm³/mol. The molecule has 0 radical (unpaired) electrons. The summed E-state index contributed by atoms with van der Waals surface area (Å²) >= 11 is 0. The van der Waals surface area contributed by atoms with E-state index in [4.69, 9.17) is 0 Å². The molecular weight excluding hydrogens is 310 g/mol. The molecule has 1 fully saturated rings. The van der Waals surface area contributed by atoms with Gasteiger partial charge in [-0.2, -0.15) is 0 Å². The highest BCUT2D eigenvalue weighted by Gasteiger charge is 2.26. The molecule has 1 saturated carbocycles. The molecule has 1 aromatic rings. The molecule has 0 heterocycles. The number of benzene rings is 1. The van der Waals surface area contributed by atoms with Crippen LogP contribution in [-0.4, -0.2) is 42.7 Å². The van der Waals surface area contributed by atoms with Crippen LogP contribution in [0.5, 0.6) is 0 Å². The maximum absolute atomic E-state index is 12.7. The van der Waals surface area contributed by atoms with Crippen LogP contribution in [0.4, 0.5) is 11.4 Å². The highest BCUT2D eigenvalue weighted by Crippen LogP contribution is 2.27. The molecule has 0 bridgehead atoms. The van der Waals surface area contributed by atoms with E-state index in [2.05, 4.69) is 5.32 Å². The molecule has 2 rings (SSSR count). The zero-order valence-electron chi connectivity index (χ0n) is 14.2. The van der Waals surface area contributed by atoms with Crippen LogP contribution in [0, 0.1) is 16.0 Å². The minimum Gasteiger partial charge on any atom is -0.396 e. The first-order chi connectivity index (χ1) is 11.4. The molecular formula is C17H25N3O4. The molecule has 24 heavy (non-hydrogen) atoms. The zero-order valence-corrected chi connectivity index (χ0v) is 14.2. The standard InChI is InChI=1S/C17H25N3O4/c1-19(2)16-9-8-13(20(23)24)10-14(16)17(22)18-15-7-5-3-4-6-12(15)11-21/h8-10,12,15,21H,3-7,11H2,1-2H3,(H,18,22). The maximum Gasteiger partial charge on any atom is 0.270 e. The van der Waals surface area contributed by atoms with Crippen LogP contribution in [-0.2, 0) is 0 Å². The second kappa shape index (κ2) is 8.10. The Balaban J connectivity index is 2.26. The lowest BCUT2D eigenvalue weighted by Gasteiger charge is -2.25. The van der Waals surface area contributed by atoms with Crippen LogP contribution >= 0.6 is 0 Å². The molecule has 0 spiro atoms. The van der Waals surface area contributed by atoms with E-state index >= 15 is 0 Å². The second-order valence-corrected chi connectivity index (χ2v) is 6.51. The topological polar surface area (TPSA) is 95.7 Å². The average molecular weight is 335 g/mol. The number of nitrogens with zero attached hydrogens (tertiary/aromatic N) is 2. The lowest BCUT2D eigenvalue weighted by atomic mass is 9.95. The van der Waals surface area contributed by atoms with Crippen molar-refractivity contribution in [2.45, 2.75) is 38.1 Å². The van der Waals surface area contributed by atoms with E-state index in [0.29, 0.717) is 5.69 Å². The molecule has 7 heteroatoms. The number of hydrogen-bond acceptors (Lipinski definition) is 5. The molecule has 1 aromatic carbocycles. The van der Waals surface area contributed by atoms with Gasteiger partial charge in [0.05, 0.1) is 10.5 Å². The average Bonchev–Trinajstić information content (AvgIpc) is 2.78. The smallest absolute Gasteiger partial charge is 0.270 e. The summed E-state index contributed by atoms with van der Waals surface area (Å²) in [6.07, 6.45) is 4.87. The van der Waals surface area contributed by atoms with Gasteiger partial charge in [-0.05, 0) is 18.9 Å². The highest BCUT2D eigenvalue weighted by molar-refractivity contribution is 6.00. The van der Waals surface area contributed by atoms with Crippen molar-refractivity contribution in [2.24, 2.45) is 5.92 Å². The first-order valence-electron chi connectivity index (χ1n) is 8.31. The number of aliphatic hydroxyl groups excluding tert-OH is 1. The fourth-order valence-electron chi connectivity index (χ4n) is 3.25. The third-order valence-electron chi connectivity index (χ3n) is 4.63. The Morgan fingerprint density at radius 1 is 1.33 bits per heavy atom. The van der Waals surface area contributed by atoms with Crippen LogP contribution < -0.4 is 10.2 Å². The van der Waals surface area contributed by atoms with Gasteiger partial charge in [-0.3, -0.25) is 14.9 Å². The maximum atomic E-state index is 12.7. The largest absolute Gasteiger partial charge is 0.396 e. The first kappa shape index (κ1) is 18.2. The summed E-state index contributed by atoms with van der Waals surface area (Å²) in [4.78, 5) is 25.0. The van der Waals surface area contributed by atoms with E-state index in [9.17, 15) is 20.0 Å². The number of rotatable bonds is 5. The Hall–Kier alpha value is -2.15. The molecule has 2 N–H and O–H groups in total. The summed E-state index contributed by atoms with van der Waals surface area (Å²) in [5.74, 6) is -0.286. The third-order valence-corrected chi connectivity index (χ3v) is 4.63. The van der Waals surface area contributed by atoms with Gasteiger partial charge in [0, 0.05) is 50.5 Å². The van der Waals surface area contributed by atoms with E-state index in [-0.39, 0.29) is 35.7 Å². The van der Waals surface area contributed by atoms with E-state index < -0.39 is 4.92 Å². The number of amides is 1. The van der Waals surface area contributed by atoms with Crippen molar-refractivity contribution in [1.82, 2.24) is 5.32 Å². The van der Waals surface area contributed by atoms with Crippen LogP contribution in [0.15, 0.2) is 18.2 Å². The second-order valence-electron chi connectivity index (χ2n) is 6.51. The Morgan fingerprint density at radius 2 is 2.04 bits per heavy atom. The van der Waals surface area contributed by atoms with Crippen LogP contribution in [0.1, 0.15) is 42.5 Å². The van der Waals surface area contributed by atoms with Gasteiger partial charge >= 0.3 is 0 Å². The van der Waals surface area contributed by atoms with Gasteiger partial charge in [-0.1, -0.05) is 19.3 Å². The molecule has 0 saturated heterocycles. The van der Waals surface area contributed by atoms with Crippen molar-refractivity contribution >= 4 is 17.3 Å².